The Morgan fingerprint density at radius 2 is 1.19 bits per heavy atom. The predicted octanol–water partition coefficient (Wildman–Crippen LogP) is 10.0. The van der Waals surface area contributed by atoms with Crippen LogP contribution < -0.4 is 9.96 Å². The van der Waals surface area contributed by atoms with Gasteiger partial charge in [0.05, 0.1) is 6.61 Å². The van der Waals surface area contributed by atoms with Gasteiger partial charge >= 0.3 is 0 Å². The zero-order valence-electron chi connectivity index (χ0n) is 26.2. The minimum atomic E-state index is -0.725. The van der Waals surface area contributed by atoms with Crippen LogP contribution in [0.15, 0.2) is 54.6 Å². The van der Waals surface area contributed by atoms with E-state index in [4.69, 9.17) is 19.1 Å². The summed E-state index contributed by atoms with van der Waals surface area (Å²) < 4.78 is 12.3. The minimum absolute atomic E-state index is 0.0104. The molecule has 1 aliphatic rings. The van der Waals surface area contributed by atoms with Gasteiger partial charge in [-0.15, -0.1) is 5.23 Å². The number of hydrogen-bond acceptors (Lipinski definition) is 6. The third kappa shape index (κ3) is 8.97. The molecule has 1 saturated heterocycles. The normalized spacial score (nSPS) is 17.0. The van der Waals surface area contributed by atoms with Gasteiger partial charge in [-0.2, -0.15) is 0 Å². The van der Waals surface area contributed by atoms with Crippen LogP contribution in [0.25, 0.3) is 0 Å². The zero-order chi connectivity index (χ0) is 29.9. The summed E-state index contributed by atoms with van der Waals surface area (Å²) in [7, 11) is 0. The summed E-state index contributed by atoms with van der Waals surface area (Å²) in [6, 6.07) is 17.5. The summed E-state index contributed by atoms with van der Waals surface area (Å²) in [5.74, 6) is 0.633. The zero-order valence-corrected chi connectivity index (χ0v) is 26.2. The standard InChI is InChI=1S/C36H49NO5/c1-6-7-8-9-10-11-12-13-14-15-22-39-30-18-21-33(34(38)25-30)37-41-35(31-19-16-26(2)23-28(31)4)40-36(42-37)32-20-17-27(3)24-29(32)5/h16-21,23-25,35-36,38H,6-15,22H2,1-5H3. The average Bonchev–Trinajstić information content (AvgIpc) is 2.95. The second kappa shape index (κ2) is 16.0. The molecule has 6 nitrogen and oxygen atoms in total. The van der Waals surface area contributed by atoms with Gasteiger partial charge in [-0.05, 0) is 57.4 Å². The van der Waals surface area contributed by atoms with E-state index < -0.39 is 12.6 Å². The number of hydrogen-bond donors (Lipinski definition) is 1. The van der Waals surface area contributed by atoms with Crippen LogP contribution in [-0.2, 0) is 14.4 Å². The minimum Gasteiger partial charge on any atom is -0.505 e. The van der Waals surface area contributed by atoms with Crippen LogP contribution in [0.3, 0.4) is 0 Å². The number of aryl methyl sites for hydroxylation is 4. The molecule has 0 aromatic heterocycles. The van der Waals surface area contributed by atoms with Crippen LogP contribution in [0, 0.1) is 27.7 Å². The molecule has 0 spiro atoms. The Morgan fingerprint density at radius 3 is 1.69 bits per heavy atom. The third-order valence-electron chi connectivity index (χ3n) is 7.90. The molecular weight excluding hydrogens is 526 g/mol. The van der Waals surface area contributed by atoms with Crippen LogP contribution in [-0.4, -0.2) is 11.7 Å². The number of phenols is 1. The number of ether oxygens (including phenoxy) is 2. The lowest BCUT2D eigenvalue weighted by atomic mass is 10.0. The number of rotatable bonds is 15. The first-order valence-corrected chi connectivity index (χ1v) is 15.7. The van der Waals surface area contributed by atoms with E-state index in [9.17, 15) is 5.11 Å². The molecule has 3 aromatic carbocycles. The Kier molecular flexibility index (Phi) is 12.1. The number of aromatic hydroxyl groups is 1. The molecule has 2 atom stereocenters. The molecule has 1 heterocycles. The van der Waals surface area contributed by atoms with Gasteiger partial charge in [0.1, 0.15) is 17.2 Å². The van der Waals surface area contributed by atoms with Crippen molar-refractivity contribution in [1.29, 1.82) is 0 Å². The fourth-order valence-electron chi connectivity index (χ4n) is 5.44. The van der Waals surface area contributed by atoms with Crippen LogP contribution in [0.2, 0.25) is 0 Å². The predicted molar refractivity (Wildman–Crippen MR) is 168 cm³/mol. The van der Waals surface area contributed by atoms with E-state index in [0.717, 1.165) is 46.2 Å². The Labute approximate surface area is 252 Å². The number of benzene rings is 3. The quantitative estimate of drug-likeness (QED) is 0.182. The molecule has 0 amide bonds. The second-order valence-corrected chi connectivity index (χ2v) is 11.7. The average molecular weight is 576 g/mol. The van der Waals surface area contributed by atoms with Gasteiger partial charge in [0.15, 0.2) is 0 Å². The fraction of sp³-hybridized carbons (Fsp3) is 0.500. The Morgan fingerprint density at radius 1 is 0.667 bits per heavy atom. The van der Waals surface area contributed by atoms with Crippen LogP contribution in [0.1, 0.15) is 117 Å². The van der Waals surface area contributed by atoms with Crippen molar-refractivity contribution < 1.29 is 24.3 Å². The molecule has 6 heteroatoms. The van der Waals surface area contributed by atoms with E-state index in [-0.39, 0.29) is 5.75 Å². The summed E-state index contributed by atoms with van der Waals surface area (Å²) in [5, 5.41) is 12.3. The maximum atomic E-state index is 11.0. The molecule has 0 aliphatic carbocycles. The molecule has 1 aliphatic heterocycles. The Hall–Kier alpha value is -3.06. The number of phenolic OH excluding ortho intramolecular Hbond substituents is 1. The van der Waals surface area contributed by atoms with Crippen LogP contribution >= 0.6 is 0 Å². The number of anilines is 1. The van der Waals surface area contributed by atoms with Gasteiger partial charge in [-0.1, -0.05) is 112 Å². The first-order valence-electron chi connectivity index (χ1n) is 15.7. The number of nitrogens with zero attached hydrogens (tertiary/aromatic N) is 1. The van der Waals surface area contributed by atoms with E-state index in [1.807, 2.05) is 44.2 Å². The summed E-state index contributed by atoms with van der Waals surface area (Å²) in [4.78, 5) is 12.4. The van der Waals surface area contributed by atoms with Gasteiger partial charge in [0.25, 0.3) is 0 Å². The van der Waals surface area contributed by atoms with Crippen molar-refractivity contribution in [2.75, 3.05) is 11.8 Å². The van der Waals surface area contributed by atoms with Gasteiger partial charge in [0.2, 0.25) is 12.6 Å². The molecule has 0 radical (unpaired) electrons. The summed E-state index contributed by atoms with van der Waals surface area (Å²) in [5.41, 5.74) is 6.63. The highest BCUT2D eigenvalue weighted by Crippen LogP contribution is 2.42. The fourth-order valence-corrected chi connectivity index (χ4v) is 5.44. The SMILES string of the molecule is CCCCCCCCCCCCOc1ccc(N2OC(c3ccc(C)cc3C)OC(c3ccc(C)cc3C)O2)c(O)c1. The van der Waals surface area contributed by atoms with Gasteiger partial charge in [-0.25, -0.2) is 9.68 Å². The van der Waals surface area contributed by atoms with Gasteiger partial charge in [0, 0.05) is 17.2 Å². The first-order chi connectivity index (χ1) is 20.4. The lowest BCUT2D eigenvalue weighted by Crippen LogP contribution is -2.37. The molecule has 0 saturated carbocycles. The van der Waals surface area contributed by atoms with Gasteiger partial charge in [-0.3, -0.25) is 0 Å². The van der Waals surface area contributed by atoms with Crippen molar-refractivity contribution in [1.82, 2.24) is 0 Å². The molecule has 3 aromatic rings. The van der Waals surface area contributed by atoms with Crippen molar-refractivity contribution in [2.45, 2.75) is 111 Å². The maximum Gasteiger partial charge on any atom is 0.215 e. The van der Waals surface area contributed by atoms with Crippen molar-refractivity contribution in [3.05, 3.63) is 88.0 Å². The summed E-state index contributed by atoms with van der Waals surface area (Å²) in [6.45, 7) is 11.1. The molecule has 1 fully saturated rings. The smallest absolute Gasteiger partial charge is 0.215 e. The van der Waals surface area contributed by atoms with Crippen molar-refractivity contribution in [3.8, 4) is 11.5 Å². The lowest BCUT2D eigenvalue weighted by Gasteiger charge is -2.38. The molecule has 42 heavy (non-hydrogen) atoms. The highest BCUT2D eigenvalue weighted by Gasteiger charge is 2.35. The van der Waals surface area contributed by atoms with Crippen LogP contribution in [0.5, 0.6) is 11.5 Å². The Balaban J connectivity index is 1.37. The Bertz CT molecular complexity index is 1220. The largest absolute Gasteiger partial charge is 0.505 e. The van der Waals surface area contributed by atoms with E-state index in [0.29, 0.717) is 18.0 Å². The molecule has 4 rings (SSSR count). The van der Waals surface area contributed by atoms with E-state index in [1.165, 1.54) is 56.6 Å². The van der Waals surface area contributed by atoms with Crippen molar-refractivity contribution >= 4 is 5.69 Å². The summed E-state index contributed by atoms with van der Waals surface area (Å²) in [6.07, 6.45) is 11.4. The molecule has 1 N–H and O–H groups in total. The molecule has 228 valence electrons. The lowest BCUT2D eigenvalue weighted by molar-refractivity contribution is -0.368. The van der Waals surface area contributed by atoms with E-state index in [2.05, 4.69) is 32.9 Å². The second-order valence-electron chi connectivity index (χ2n) is 11.7. The number of unbranched alkanes of at least 4 members (excludes halogenated alkanes) is 9. The van der Waals surface area contributed by atoms with E-state index in [1.54, 1.807) is 12.1 Å². The molecular formula is C36H49NO5. The van der Waals surface area contributed by atoms with Crippen molar-refractivity contribution in [2.24, 2.45) is 0 Å². The molecule has 0 bridgehead atoms. The highest BCUT2D eigenvalue weighted by molar-refractivity contribution is 5.57. The monoisotopic (exact) mass is 575 g/mol. The van der Waals surface area contributed by atoms with Crippen molar-refractivity contribution in [3.63, 3.8) is 0 Å². The maximum absolute atomic E-state index is 11.0. The highest BCUT2D eigenvalue weighted by atomic mass is 17.1. The van der Waals surface area contributed by atoms with Gasteiger partial charge < -0.3 is 14.6 Å². The molecule has 2 unspecified atom stereocenters. The first kappa shape index (κ1) is 31.9. The summed E-state index contributed by atoms with van der Waals surface area (Å²) >= 11 is 0. The topological polar surface area (TPSA) is 60.4 Å². The third-order valence-corrected chi connectivity index (χ3v) is 7.90. The van der Waals surface area contributed by atoms with E-state index >= 15 is 0 Å². The van der Waals surface area contributed by atoms with Crippen LogP contribution in [0.4, 0.5) is 5.69 Å².